The van der Waals surface area contributed by atoms with Crippen molar-refractivity contribution in [3.05, 3.63) is 59.7 Å². The molecule has 31 heavy (non-hydrogen) atoms. The van der Waals surface area contributed by atoms with Gasteiger partial charge >= 0.3 is 12.2 Å². The fourth-order valence-corrected chi connectivity index (χ4v) is 3.43. The van der Waals surface area contributed by atoms with E-state index >= 15 is 0 Å². The van der Waals surface area contributed by atoms with Crippen molar-refractivity contribution in [2.24, 2.45) is 5.92 Å². The van der Waals surface area contributed by atoms with Crippen LogP contribution >= 0.6 is 0 Å². The molecule has 2 N–H and O–H groups in total. The van der Waals surface area contributed by atoms with Crippen molar-refractivity contribution in [3.8, 4) is 5.75 Å². The van der Waals surface area contributed by atoms with Gasteiger partial charge in [0, 0.05) is 25.2 Å². The second-order valence-electron chi connectivity index (χ2n) is 7.35. The summed E-state index contributed by atoms with van der Waals surface area (Å²) in [7, 11) is 1.54. The van der Waals surface area contributed by atoms with Crippen LogP contribution < -0.4 is 15.4 Å². The number of carbonyl (C=O) groups excluding carboxylic acids is 2. The van der Waals surface area contributed by atoms with E-state index in [4.69, 9.17) is 4.74 Å². The quantitative estimate of drug-likeness (QED) is 0.732. The fourth-order valence-electron chi connectivity index (χ4n) is 3.43. The zero-order chi connectivity index (χ0) is 22.4. The molecule has 0 aromatic heterocycles. The largest absolute Gasteiger partial charge is 0.495 e. The van der Waals surface area contributed by atoms with E-state index in [-0.39, 0.29) is 17.5 Å². The van der Waals surface area contributed by atoms with Gasteiger partial charge in [-0.2, -0.15) is 13.2 Å². The lowest BCUT2D eigenvalue weighted by Crippen LogP contribution is -2.43. The van der Waals surface area contributed by atoms with Crippen LogP contribution in [-0.2, 0) is 6.18 Å². The Hall–Kier alpha value is -3.23. The molecule has 9 heteroatoms. The zero-order valence-corrected chi connectivity index (χ0v) is 17.0. The van der Waals surface area contributed by atoms with Gasteiger partial charge in [-0.25, -0.2) is 4.79 Å². The third-order valence-electron chi connectivity index (χ3n) is 5.28. The molecule has 1 aliphatic rings. The van der Waals surface area contributed by atoms with Crippen LogP contribution in [0.15, 0.2) is 48.5 Å². The molecule has 2 aromatic carbocycles. The Morgan fingerprint density at radius 3 is 2.32 bits per heavy atom. The second-order valence-corrected chi connectivity index (χ2v) is 7.35. The first kappa shape index (κ1) is 22.5. The summed E-state index contributed by atoms with van der Waals surface area (Å²) in [6, 6.07) is 11.1. The van der Waals surface area contributed by atoms with Gasteiger partial charge in [-0.05, 0) is 55.2 Å². The number of para-hydroxylation sites is 2. The summed E-state index contributed by atoms with van der Waals surface area (Å²) in [5, 5.41) is 5.62. The van der Waals surface area contributed by atoms with Gasteiger partial charge < -0.3 is 20.3 Å². The minimum Gasteiger partial charge on any atom is -0.495 e. The first-order chi connectivity index (χ1) is 14.8. The van der Waals surface area contributed by atoms with Crippen molar-refractivity contribution in [1.29, 1.82) is 0 Å². The molecule has 2 aromatic rings. The molecule has 0 spiro atoms. The predicted molar refractivity (Wildman–Crippen MR) is 110 cm³/mol. The van der Waals surface area contributed by atoms with E-state index in [9.17, 15) is 22.8 Å². The van der Waals surface area contributed by atoms with E-state index in [0.717, 1.165) is 12.1 Å². The summed E-state index contributed by atoms with van der Waals surface area (Å²) in [6.07, 6.45) is -3.00. The Labute approximate surface area is 178 Å². The SMILES string of the molecule is COc1ccccc1NC(=O)N1CCC(CNC(=O)c2ccc(C(F)(F)F)cc2)CC1. The average Bonchev–Trinajstić information content (AvgIpc) is 2.77. The van der Waals surface area contributed by atoms with Crippen molar-refractivity contribution in [2.75, 3.05) is 32.1 Å². The zero-order valence-electron chi connectivity index (χ0n) is 17.0. The number of rotatable bonds is 5. The number of carbonyl (C=O) groups is 2. The van der Waals surface area contributed by atoms with Crippen LogP contribution in [0.25, 0.3) is 0 Å². The van der Waals surface area contributed by atoms with Crippen LogP contribution in [0.3, 0.4) is 0 Å². The maximum absolute atomic E-state index is 12.6. The Morgan fingerprint density at radius 2 is 1.71 bits per heavy atom. The lowest BCUT2D eigenvalue weighted by Gasteiger charge is -2.32. The molecule has 3 rings (SSSR count). The number of halogens is 3. The third-order valence-corrected chi connectivity index (χ3v) is 5.28. The van der Waals surface area contributed by atoms with Crippen molar-refractivity contribution in [1.82, 2.24) is 10.2 Å². The number of benzene rings is 2. The topological polar surface area (TPSA) is 70.7 Å². The maximum Gasteiger partial charge on any atom is 0.416 e. The number of alkyl halides is 3. The molecule has 1 aliphatic heterocycles. The number of likely N-dealkylation sites (tertiary alicyclic amines) is 1. The van der Waals surface area contributed by atoms with E-state index < -0.39 is 17.6 Å². The van der Waals surface area contributed by atoms with Crippen LogP contribution in [0.1, 0.15) is 28.8 Å². The van der Waals surface area contributed by atoms with E-state index in [0.29, 0.717) is 43.9 Å². The number of methoxy groups -OCH3 is 1. The molecule has 0 aliphatic carbocycles. The molecular weight excluding hydrogens is 411 g/mol. The lowest BCUT2D eigenvalue weighted by atomic mass is 9.97. The summed E-state index contributed by atoms with van der Waals surface area (Å²) in [5.41, 5.74) is -0.00892. The Bertz CT molecular complexity index is 908. The summed E-state index contributed by atoms with van der Waals surface area (Å²) in [4.78, 5) is 26.4. The molecule has 0 radical (unpaired) electrons. The summed E-state index contributed by atoms with van der Waals surface area (Å²) < 4.78 is 43.1. The summed E-state index contributed by atoms with van der Waals surface area (Å²) in [6.45, 7) is 1.49. The van der Waals surface area contributed by atoms with Crippen molar-refractivity contribution in [3.63, 3.8) is 0 Å². The number of urea groups is 1. The smallest absolute Gasteiger partial charge is 0.416 e. The average molecular weight is 435 g/mol. The maximum atomic E-state index is 12.6. The fraction of sp³-hybridized carbons (Fsp3) is 0.364. The molecule has 3 amide bonds. The molecule has 1 fully saturated rings. The van der Waals surface area contributed by atoms with E-state index in [1.807, 2.05) is 12.1 Å². The highest BCUT2D eigenvalue weighted by molar-refractivity contribution is 5.94. The van der Waals surface area contributed by atoms with Gasteiger partial charge in [-0.15, -0.1) is 0 Å². The molecule has 1 saturated heterocycles. The van der Waals surface area contributed by atoms with Crippen LogP contribution in [0.5, 0.6) is 5.75 Å². The molecule has 0 atom stereocenters. The van der Waals surface area contributed by atoms with E-state index in [2.05, 4.69) is 10.6 Å². The number of nitrogens with zero attached hydrogens (tertiary/aromatic N) is 1. The highest BCUT2D eigenvalue weighted by Crippen LogP contribution is 2.29. The van der Waals surface area contributed by atoms with Crippen molar-refractivity contribution < 1.29 is 27.5 Å². The van der Waals surface area contributed by atoms with Gasteiger partial charge in [0.25, 0.3) is 5.91 Å². The van der Waals surface area contributed by atoms with Crippen LogP contribution in [0.4, 0.5) is 23.7 Å². The monoisotopic (exact) mass is 435 g/mol. The first-order valence-corrected chi connectivity index (χ1v) is 9.92. The number of hydrogen-bond donors (Lipinski definition) is 2. The summed E-state index contributed by atoms with van der Waals surface area (Å²) in [5.74, 6) is 0.357. The van der Waals surface area contributed by atoms with Crippen LogP contribution in [0.2, 0.25) is 0 Å². The molecule has 166 valence electrons. The van der Waals surface area contributed by atoms with Gasteiger partial charge in [0.05, 0.1) is 18.4 Å². The van der Waals surface area contributed by atoms with Crippen LogP contribution in [0, 0.1) is 5.92 Å². The number of hydrogen-bond acceptors (Lipinski definition) is 3. The molecule has 0 saturated carbocycles. The van der Waals surface area contributed by atoms with Gasteiger partial charge in [-0.1, -0.05) is 12.1 Å². The highest BCUT2D eigenvalue weighted by Gasteiger charge is 2.30. The molecule has 0 unspecified atom stereocenters. The predicted octanol–water partition coefficient (Wildman–Crippen LogP) is 4.39. The number of ether oxygens (including phenoxy) is 1. The van der Waals surface area contributed by atoms with Crippen LogP contribution in [-0.4, -0.2) is 43.6 Å². The standard InChI is InChI=1S/C22H24F3N3O3/c1-31-19-5-3-2-4-18(19)27-21(30)28-12-10-15(11-13-28)14-26-20(29)16-6-8-17(9-7-16)22(23,24)25/h2-9,15H,10-14H2,1H3,(H,26,29)(H,27,30). The van der Waals surface area contributed by atoms with E-state index in [1.54, 1.807) is 17.0 Å². The Kier molecular flexibility index (Phi) is 7.04. The highest BCUT2D eigenvalue weighted by atomic mass is 19.4. The second kappa shape index (κ2) is 9.72. The van der Waals surface area contributed by atoms with Gasteiger partial charge in [-0.3, -0.25) is 4.79 Å². The third kappa shape index (κ3) is 5.90. The van der Waals surface area contributed by atoms with E-state index in [1.165, 1.54) is 19.2 Å². The molecule has 6 nitrogen and oxygen atoms in total. The Balaban J connectivity index is 1.44. The minimum absolute atomic E-state index is 0.182. The lowest BCUT2D eigenvalue weighted by molar-refractivity contribution is -0.137. The summed E-state index contributed by atoms with van der Waals surface area (Å²) >= 11 is 0. The van der Waals surface area contributed by atoms with Gasteiger partial charge in [0.1, 0.15) is 5.75 Å². The molecule has 0 bridgehead atoms. The normalized spacial score (nSPS) is 14.8. The number of piperidine rings is 1. The first-order valence-electron chi connectivity index (χ1n) is 9.92. The van der Waals surface area contributed by atoms with Gasteiger partial charge in [0.2, 0.25) is 0 Å². The number of anilines is 1. The van der Waals surface area contributed by atoms with Crippen molar-refractivity contribution >= 4 is 17.6 Å². The van der Waals surface area contributed by atoms with Crippen molar-refractivity contribution in [2.45, 2.75) is 19.0 Å². The number of amides is 3. The van der Waals surface area contributed by atoms with Gasteiger partial charge in [0.15, 0.2) is 0 Å². The molecular formula is C22H24F3N3O3. The molecule has 1 heterocycles. The number of nitrogens with one attached hydrogen (secondary N) is 2. The Morgan fingerprint density at radius 1 is 1.06 bits per heavy atom. The minimum atomic E-state index is -4.43.